The van der Waals surface area contributed by atoms with Gasteiger partial charge < -0.3 is 14.7 Å². The molecule has 10 heteroatoms. The third-order valence-electron chi connectivity index (χ3n) is 4.85. The second kappa shape index (κ2) is 7.36. The zero-order valence-corrected chi connectivity index (χ0v) is 15.5. The van der Waals surface area contributed by atoms with Crippen LogP contribution in [0, 0.1) is 0 Å². The van der Waals surface area contributed by atoms with Crippen LogP contribution in [0.2, 0.25) is 0 Å². The lowest BCUT2D eigenvalue weighted by atomic mass is 10.1. The number of nitrogens with zero attached hydrogens (tertiary/aromatic N) is 3. The van der Waals surface area contributed by atoms with Crippen molar-refractivity contribution in [2.75, 3.05) is 18.0 Å². The molecule has 30 heavy (non-hydrogen) atoms. The first-order chi connectivity index (χ1) is 14.2. The van der Waals surface area contributed by atoms with Crippen molar-refractivity contribution in [3.8, 4) is 11.4 Å². The number of hydrogen-bond donors (Lipinski definition) is 1. The standard InChI is InChI=1S/C20H16F3N3O4/c21-20(22,23)30-13-8-6-12(7-9-13)26-15-5-3-4-14(25-10-1-2-11-25)16(15)18(27)17(24-26)19(28)29/h3-9H,1-2,10-11H2,(H,28,29). The van der Waals surface area contributed by atoms with Crippen molar-refractivity contribution in [3.05, 3.63) is 58.4 Å². The number of halogens is 3. The highest BCUT2D eigenvalue weighted by Crippen LogP contribution is 2.29. The summed E-state index contributed by atoms with van der Waals surface area (Å²) in [4.78, 5) is 26.6. The van der Waals surface area contributed by atoms with Gasteiger partial charge in [0.25, 0.3) is 0 Å². The Kier molecular flexibility index (Phi) is 4.84. The van der Waals surface area contributed by atoms with Crippen molar-refractivity contribution in [3.63, 3.8) is 0 Å². The Hall–Kier alpha value is -3.56. The molecule has 4 rings (SSSR count). The van der Waals surface area contributed by atoms with Crippen LogP contribution < -0.4 is 15.1 Å². The predicted octanol–water partition coefficient (Wildman–Crippen LogP) is 3.58. The Morgan fingerprint density at radius 2 is 1.73 bits per heavy atom. The molecule has 0 amide bonds. The number of carbonyl (C=O) groups is 1. The van der Waals surface area contributed by atoms with E-state index in [2.05, 4.69) is 9.84 Å². The van der Waals surface area contributed by atoms with Crippen molar-refractivity contribution < 1.29 is 27.8 Å². The van der Waals surface area contributed by atoms with E-state index >= 15 is 0 Å². The maximum atomic E-state index is 12.9. The number of hydrogen-bond acceptors (Lipinski definition) is 5. The lowest BCUT2D eigenvalue weighted by Crippen LogP contribution is -2.26. The molecule has 156 valence electrons. The second-order valence-electron chi connectivity index (χ2n) is 6.80. The monoisotopic (exact) mass is 419 g/mol. The summed E-state index contributed by atoms with van der Waals surface area (Å²) < 4.78 is 42.3. The topological polar surface area (TPSA) is 84.7 Å². The molecule has 1 N–H and O–H groups in total. The highest BCUT2D eigenvalue weighted by atomic mass is 19.4. The third kappa shape index (κ3) is 3.68. The molecule has 1 aliphatic heterocycles. The Morgan fingerprint density at radius 3 is 2.33 bits per heavy atom. The van der Waals surface area contributed by atoms with Crippen molar-refractivity contribution in [1.82, 2.24) is 9.78 Å². The van der Waals surface area contributed by atoms with Crippen molar-refractivity contribution >= 4 is 22.6 Å². The molecular formula is C20H16F3N3O4. The molecule has 3 aromatic rings. The summed E-state index contributed by atoms with van der Waals surface area (Å²) in [7, 11) is 0. The van der Waals surface area contributed by atoms with Crippen LogP contribution in [0.3, 0.4) is 0 Å². The van der Waals surface area contributed by atoms with Gasteiger partial charge in [-0.15, -0.1) is 13.2 Å². The zero-order valence-electron chi connectivity index (χ0n) is 15.5. The fourth-order valence-corrected chi connectivity index (χ4v) is 3.60. The summed E-state index contributed by atoms with van der Waals surface area (Å²) in [6, 6.07) is 9.92. The largest absolute Gasteiger partial charge is 0.573 e. The van der Waals surface area contributed by atoms with Crippen molar-refractivity contribution in [2.45, 2.75) is 19.2 Å². The normalized spacial score (nSPS) is 14.3. The first kappa shape index (κ1) is 19.7. The van der Waals surface area contributed by atoms with E-state index in [-0.39, 0.29) is 11.1 Å². The molecule has 0 unspecified atom stereocenters. The molecule has 7 nitrogen and oxygen atoms in total. The molecule has 0 spiro atoms. The summed E-state index contributed by atoms with van der Waals surface area (Å²) in [6.07, 6.45) is -2.91. The highest BCUT2D eigenvalue weighted by Gasteiger charge is 2.31. The van der Waals surface area contributed by atoms with Gasteiger partial charge in [-0.1, -0.05) is 6.07 Å². The van der Waals surface area contributed by atoms with E-state index < -0.39 is 29.2 Å². The van der Waals surface area contributed by atoms with Crippen LogP contribution in [0.15, 0.2) is 47.3 Å². The molecular weight excluding hydrogens is 403 g/mol. The number of benzene rings is 2. The molecule has 0 aliphatic carbocycles. The molecule has 1 aromatic heterocycles. The van der Waals surface area contributed by atoms with Gasteiger partial charge in [0.2, 0.25) is 11.1 Å². The van der Waals surface area contributed by atoms with Crippen LogP contribution in [0.5, 0.6) is 5.75 Å². The summed E-state index contributed by atoms with van der Waals surface area (Å²) in [5.41, 5.74) is -0.0989. The van der Waals surface area contributed by atoms with E-state index in [0.717, 1.165) is 38.1 Å². The van der Waals surface area contributed by atoms with Crippen LogP contribution in [0.25, 0.3) is 16.6 Å². The van der Waals surface area contributed by atoms with Gasteiger partial charge in [0.05, 0.1) is 22.3 Å². The summed E-state index contributed by atoms with van der Waals surface area (Å²) in [6.45, 7) is 1.49. The van der Waals surface area contributed by atoms with Crippen LogP contribution >= 0.6 is 0 Å². The summed E-state index contributed by atoms with van der Waals surface area (Å²) in [5, 5.41) is 13.7. The van der Waals surface area contributed by atoms with Gasteiger partial charge in [0.15, 0.2) is 0 Å². The molecule has 1 saturated heterocycles. The number of carboxylic acids is 1. The maximum Gasteiger partial charge on any atom is 0.573 e. The van der Waals surface area contributed by atoms with Gasteiger partial charge in [-0.05, 0) is 49.2 Å². The molecule has 2 heterocycles. The molecule has 0 saturated carbocycles. The molecule has 2 aromatic carbocycles. The SMILES string of the molecule is O=C(O)c1nn(-c2ccc(OC(F)(F)F)cc2)c2cccc(N3CCCC3)c2c1=O. The Labute approximate surface area is 167 Å². The van der Waals surface area contributed by atoms with E-state index in [1.54, 1.807) is 18.2 Å². The van der Waals surface area contributed by atoms with E-state index in [1.165, 1.54) is 16.8 Å². The minimum atomic E-state index is -4.83. The van der Waals surface area contributed by atoms with Crippen LogP contribution in [0.4, 0.5) is 18.9 Å². The Morgan fingerprint density at radius 1 is 1.07 bits per heavy atom. The first-order valence-corrected chi connectivity index (χ1v) is 9.15. The summed E-state index contributed by atoms with van der Waals surface area (Å²) >= 11 is 0. The molecule has 1 aliphatic rings. The van der Waals surface area contributed by atoms with Gasteiger partial charge in [0.1, 0.15) is 5.75 Å². The van der Waals surface area contributed by atoms with Crippen LogP contribution in [-0.4, -0.2) is 40.3 Å². The maximum absolute atomic E-state index is 12.9. The van der Waals surface area contributed by atoms with E-state index in [9.17, 15) is 27.9 Å². The van der Waals surface area contributed by atoms with E-state index in [0.29, 0.717) is 11.2 Å². The first-order valence-electron chi connectivity index (χ1n) is 9.15. The fourth-order valence-electron chi connectivity index (χ4n) is 3.60. The lowest BCUT2D eigenvalue weighted by molar-refractivity contribution is -0.274. The van der Waals surface area contributed by atoms with Gasteiger partial charge in [0, 0.05) is 13.1 Å². The van der Waals surface area contributed by atoms with Gasteiger partial charge in [-0.2, -0.15) is 5.10 Å². The number of aromatic nitrogens is 2. The van der Waals surface area contributed by atoms with Crippen molar-refractivity contribution in [2.24, 2.45) is 0 Å². The zero-order chi connectivity index (χ0) is 21.5. The quantitative estimate of drug-likeness (QED) is 0.696. The van der Waals surface area contributed by atoms with Crippen LogP contribution in [0.1, 0.15) is 23.3 Å². The fraction of sp³-hybridized carbons (Fsp3) is 0.250. The molecule has 0 radical (unpaired) electrons. The van der Waals surface area contributed by atoms with Gasteiger partial charge in [-0.25, -0.2) is 9.48 Å². The predicted molar refractivity (Wildman–Crippen MR) is 102 cm³/mol. The highest BCUT2D eigenvalue weighted by molar-refractivity contribution is 5.97. The Bertz CT molecular complexity index is 1170. The lowest BCUT2D eigenvalue weighted by Gasteiger charge is -2.21. The smallest absolute Gasteiger partial charge is 0.476 e. The Balaban J connectivity index is 1.91. The number of rotatable bonds is 4. The number of carboxylic acid groups (broad SMARTS) is 1. The number of fused-ring (bicyclic) bond motifs is 1. The minimum Gasteiger partial charge on any atom is -0.476 e. The number of anilines is 1. The third-order valence-corrected chi connectivity index (χ3v) is 4.85. The van der Waals surface area contributed by atoms with E-state index in [4.69, 9.17) is 0 Å². The number of ether oxygens (including phenoxy) is 1. The molecule has 1 fully saturated rings. The second-order valence-corrected chi connectivity index (χ2v) is 6.80. The van der Waals surface area contributed by atoms with Gasteiger partial charge >= 0.3 is 12.3 Å². The minimum absolute atomic E-state index is 0.211. The molecule has 0 bridgehead atoms. The summed E-state index contributed by atoms with van der Waals surface area (Å²) in [5.74, 6) is -1.91. The van der Waals surface area contributed by atoms with Crippen molar-refractivity contribution in [1.29, 1.82) is 0 Å². The number of alkyl halides is 3. The number of aromatic carboxylic acids is 1. The average Bonchev–Trinajstić information content (AvgIpc) is 3.22. The van der Waals surface area contributed by atoms with Gasteiger partial charge in [-0.3, -0.25) is 4.79 Å². The molecule has 0 atom stereocenters. The average molecular weight is 419 g/mol. The van der Waals surface area contributed by atoms with E-state index in [1.807, 2.05) is 4.90 Å². The van der Waals surface area contributed by atoms with Crippen LogP contribution in [-0.2, 0) is 0 Å².